The van der Waals surface area contributed by atoms with Crippen molar-refractivity contribution in [1.82, 2.24) is 9.55 Å². The fourth-order valence-electron chi connectivity index (χ4n) is 2.33. The minimum Gasteiger partial charge on any atom is -0.398 e. The number of hydrogen-bond donors (Lipinski definition) is 1. The standard InChI is InChI=1S/C15H13Br2N3/c1-2-20-14-6-4-10(16)8-13(14)19-15(20)9-3-5-11(17)12(18)7-9/h3-8H,2,18H2,1H3. The SMILES string of the molecule is CCn1c(-c2ccc(Br)c(N)c2)nc2cc(Br)ccc21. The van der Waals surface area contributed by atoms with E-state index in [1.165, 1.54) is 0 Å². The van der Waals surface area contributed by atoms with Gasteiger partial charge in [0.05, 0.1) is 11.0 Å². The highest BCUT2D eigenvalue weighted by Gasteiger charge is 2.12. The minimum atomic E-state index is 0.721. The molecule has 5 heteroatoms. The fraction of sp³-hybridized carbons (Fsp3) is 0.133. The van der Waals surface area contributed by atoms with E-state index in [1.54, 1.807) is 0 Å². The van der Waals surface area contributed by atoms with Crippen LogP contribution >= 0.6 is 31.9 Å². The van der Waals surface area contributed by atoms with Crippen LogP contribution in [0.3, 0.4) is 0 Å². The lowest BCUT2D eigenvalue weighted by molar-refractivity contribution is 0.796. The number of aryl methyl sites for hydroxylation is 1. The van der Waals surface area contributed by atoms with Gasteiger partial charge in [-0.05, 0) is 59.3 Å². The van der Waals surface area contributed by atoms with Crippen LogP contribution < -0.4 is 5.73 Å². The average molecular weight is 395 g/mol. The van der Waals surface area contributed by atoms with Crippen molar-refractivity contribution in [3.8, 4) is 11.4 Å². The molecule has 0 fully saturated rings. The van der Waals surface area contributed by atoms with E-state index in [2.05, 4.69) is 49.4 Å². The number of aromatic nitrogens is 2. The summed E-state index contributed by atoms with van der Waals surface area (Å²) >= 11 is 6.91. The first-order valence-corrected chi connectivity index (χ1v) is 7.90. The number of imidazole rings is 1. The van der Waals surface area contributed by atoms with Gasteiger partial charge in [0.25, 0.3) is 0 Å². The normalized spacial score (nSPS) is 11.2. The van der Waals surface area contributed by atoms with Crippen molar-refractivity contribution in [1.29, 1.82) is 0 Å². The lowest BCUT2D eigenvalue weighted by atomic mass is 10.2. The number of rotatable bonds is 2. The second-order valence-electron chi connectivity index (χ2n) is 4.55. The summed E-state index contributed by atoms with van der Waals surface area (Å²) < 4.78 is 4.14. The van der Waals surface area contributed by atoms with Crippen LogP contribution in [0.2, 0.25) is 0 Å². The summed E-state index contributed by atoms with van der Waals surface area (Å²) in [5.74, 6) is 0.944. The Morgan fingerprint density at radius 3 is 2.65 bits per heavy atom. The zero-order valence-electron chi connectivity index (χ0n) is 10.9. The lowest BCUT2D eigenvalue weighted by Gasteiger charge is -2.07. The number of nitrogen functional groups attached to an aromatic ring is 1. The molecule has 2 N–H and O–H groups in total. The molecule has 3 rings (SSSR count). The van der Waals surface area contributed by atoms with Crippen molar-refractivity contribution < 1.29 is 0 Å². The molecule has 3 nitrogen and oxygen atoms in total. The molecular weight excluding hydrogens is 382 g/mol. The highest BCUT2D eigenvalue weighted by molar-refractivity contribution is 9.10. The topological polar surface area (TPSA) is 43.8 Å². The maximum absolute atomic E-state index is 5.98. The smallest absolute Gasteiger partial charge is 0.141 e. The summed E-state index contributed by atoms with van der Waals surface area (Å²) in [6.07, 6.45) is 0. The van der Waals surface area contributed by atoms with Crippen molar-refractivity contribution in [2.75, 3.05) is 5.73 Å². The van der Waals surface area contributed by atoms with E-state index in [1.807, 2.05) is 30.3 Å². The molecule has 3 aromatic rings. The van der Waals surface area contributed by atoms with Crippen LogP contribution in [0.1, 0.15) is 6.92 Å². The number of anilines is 1. The van der Waals surface area contributed by atoms with Crippen LogP contribution in [0.4, 0.5) is 5.69 Å². The molecule has 0 saturated carbocycles. The second-order valence-corrected chi connectivity index (χ2v) is 6.32. The van der Waals surface area contributed by atoms with Gasteiger partial charge in [-0.1, -0.05) is 15.9 Å². The summed E-state index contributed by atoms with van der Waals surface area (Å²) in [6.45, 7) is 2.98. The van der Waals surface area contributed by atoms with Crippen molar-refractivity contribution in [2.45, 2.75) is 13.5 Å². The number of nitrogens with zero attached hydrogens (tertiary/aromatic N) is 2. The van der Waals surface area contributed by atoms with E-state index < -0.39 is 0 Å². The summed E-state index contributed by atoms with van der Waals surface area (Å²) in [5, 5.41) is 0. The molecule has 0 amide bonds. The van der Waals surface area contributed by atoms with Gasteiger partial charge in [-0.15, -0.1) is 0 Å². The van der Waals surface area contributed by atoms with Gasteiger partial charge >= 0.3 is 0 Å². The summed E-state index contributed by atoms with van der Waals surface area (Å²) in [6, 6.07) is 12.1. The predicted octanol–water partition coefficient (Wildman–Crippen LogP) is 4.83. The third-order valence-electron chi connectivity index (χ3n) is 3.28. The van der Waals surface area contributed by atoms with Gasteiger partial charge in [-0.2, -0.15) is 0 Å². The number of nitrogens with two attached hydrogens (primary N) is 1. The molecular formula is C15H13Br2N3. The maximum Gasteiger partial charge on any atom is 0.141 e. The van der Waals surface area contributed by atoms with Gasteiger partial charge in [0, 0.05) is 26.7 Å². The molecule has 102 valence electrons. The lowest BCUT2D eigenvalue weighted by Crippen LogP contribution is -1.98. The van der Waals surface area contributed by atoms with Gasteiger partial charge in [-0.25, -0.2) is 4.98 Å². The van der Waals surface area contributed by atoms with Gasteiger partial charge in [-0.3, -0.25) is 0 Å². The molecule has 0 bridgehead atoms. The predicted molar refractivity (Wildman–Crippen MR) is 90.7 cm³/mol. The molecule has 0 aliphatic rings. The number of hydrogen-bond acceptors (Lipinski definition) is 2. The van der Waals surface area contributed by atoms with Crippen LogP contribution in [0.5, 0.6) is 0 Å². The van der Waals surface area contributed by atoms with E-state index in [4.69, 9.17) is 10.7 Å². The van der Waals surface area contributed by atoms with Gasteiger partial charge in [0.1, 0.15) is 5.82 Å². The largest absolute Gasteiger partial charge is 0.398 e. The Morgan fingerprint density at radius 1 is 1.15 bits per heavy atom. The second kappa shape index (κ2) is 5.22. The molecule has 0 spiro atoms. The zero-order chi connectivity index (χ0) is 14.3. The van der Waals surface area contributed by atoms with E-state index in [0.29, 0.717) is 0 Å². The summed E-state index contributed by atoms with van der Waals surface area (Å²) in [4.78, 5) is 4.75. The maximum atomic E-state index is 5.98. The number of fused-ring (bicyclic) bond motifs is 1. The van der Waals surface area contributed by atoms with Crippen LogP contribution in [0.15, 0.2) is 45.3 Å². The average Bonchev–Trinajstić information content (AvgIpc) is 2.79. The van der Waals surface area contributed by atoms with Crippen molar-refractivity contribution >= 4 is 48.6 Å². The molecule has 0 saturated heterocycles. The molecule has 0 aliphatic carbocycles. The van der Waals surface area contributed by atoms with Crippen molar-refractivity contribution in [3.05, 3.63) is 45.3 Å². The van der Waals surface area contributed by atoms with Crippen molar-refractivity contribution in [3.63, 3.8) is 0 Å². The molecule has 20 heavy (non-hydrogen) atoms. The third kappa shape index (κ3) is 2.25. The quantitative estimate of drug-likeness (QED) is 0.632. The molecule has 0 radical (unpaired) electrons. The first kappa shape index (κ1) is 13.6. The third-order valence-corrected chi connectivity index (χ3v) is 4.50. The van der Waals surface area contributed by atoms with Crippen LogP contribution in [-0.4, -0.2) is 9.55 Å². The highest BCUT2D eigenvalue weighted by Crippen LogP contribution is 2.30. The van der Waals surface area contributed by atoms with E-state index in [0.717, 1.165) is 43.6 Å². The zero-order valence-corrected chi connectivity index (χ0v) is 14.1. The fourth-order valence-corrected chi connectivity index (χ4v) is 2.92. The summed E-state index contributed by atoms with van der Waals surface area (Å²) in [5.41, 5.74) is 9.84. The Balaban J connectivity index is 2.26. The molecule has 0 unspecified atom stereocenters. The minimum absolute atomic E-state index is 0.721. The van der Waals surface area contributed by atoms with E-state index in [9.17, 15) is 0 Å². The molecule has 0 atom stereocenters. The first-order valence-electron chi connectivity index (χ1n) is 6.31. The van der Waals surface area contributed by atoms with E-state index >= 15 is 0 Å². The molecule has 0 aliphatic heterocycles. The molecule has 1 aromatic heterocycles. The molecule has 1 heterocycles. The van der Waals surface area contributed by atoms with E-state index in [-0.39, 0.29) is 0 Å². The molecule has 2 aromatic carbocycles. The van der Waals surface area contributed by atoms with Gasteiger partial charge in [0.15, 0.2) is 0 Å². The number of benzene rings is 2. The first-order chi connectivity index (χ1) is 9.60. The Morgan fingerprint density at radius 2 is 1.95 bits per heavy atom. The number of halogens is 2. The van der Waals surface area contributed by atoms with Crippen LogP contribution in [0.25, 0.3) is 22.4 Å². The highest BCUT2D eigenvalue weighted by atomic mass is 79.9. The Kier molecular flexibility index (Phi) is 3.56. The summed E-state index contributed by atoms with van der Waals surface area (Å²) in [7, 11) is 0. The van der Waals surface area contributed by atoms with Gasteiger partial charge in [0.2, 0.25) is 0 Å². The monoisotopic (exact) mass is 393 g/mol. The van der Waals surface area contributed by atoms with Gasteiger partial charge < -0.3 is 10.3 Å². The van der Waals surface area contributed by atoms with Crippen LogP contribution in [-0.2, 0) is 6.54 Å². The Hall–Kier alpha value is -1.33. The van der Waals surface area contributed by atoms with Crippen molar-refractivity contribution in [2.24, 2.45) is 0 Å². The Bertz CT molecular complexity index is 793. The van der Waals surface area contributed by atoms with Crippen LogP contribution in [0, 0.1) is 0 Å². The Labute approximate surface area is 134 Å².